The molecule has 0 aromatic carbocycles. The first kappa shape index (κ1) is 13.9. The fourth-order valence-electron chi connectivity index (χ4n) is 2.15. The summed E-state index contributed by atoms with van der Waals surface area (Å²) < 4.78 is 0. The van der Waals surface area contributed by atoms with Crippen molar-refractivity contribution in [3.05, 3.63) is 0 Å². The second-order valence-corrected chi connectivity index (χ2v) is 5.17. The molecule has 4 heteroatoms. The van der Waals surface area contributed by atoms with Crippen LogP contribution >= 0.6 is 12.2 Å². The molecule has 0 spiro atoms. The summed E-state index contributed by atoms with van der Waals surface area (Å²) in [5.74, 6) is 0. The van der Waals surface area contributed by atoms with E-state index in [2.05, 4.69) is 16.7 Å². The number of piperazine rings is 1. The molecule has 0 aromatic rings. The van der Waals surface area contributed by atoms with Gasteiger partial charge in [0.05, 0.1) is 4.99 Å². The number of hydrogen-bond acceptors (Lipinski definition) is 3. The second kappa shape index (κ2) is 7.98. The number of hydrogen-bond donors (Lipinski definition) is 1. The summed E-state index contributed by atoms with van der Waals surface area (Å²) in [4.78, 5) is 5.53. The van der Waals surface area contributed by atoms with E-state index < -0.39 is 0 Å². The van der Waals surface area contributed by atoms with Crippen molar-refractivity contribution in [3.63, 3.8) is 0 Å². The van der Waals surface area contributed by atoms with Crippen LogP contribution < -0.4 is 5.73 Å². The quantitative estimate of drug-likeness (QED) is 0.542. The first-order chi connectivity index (χ1) is 7.72. The Balaban J connectivity index is 2.05. The SMILES string of the molecule is CCCCCCN1CCN(CC(N)=S)CC1. The first-order valence-corrected chi connectivity index (χ1v) is 6.86. The van der Waals surface area contributed by atoms with Gasteiger partial charge in [-0.1, -0.05) is 38.4 Å². The van der Waals surface area contributed by atoms with Crippen molar-refractivity contribution in [2.24, 2.45) is 5.73 Å². The van der Waals surface area contributed by atoms with E-state index in [0.717, 1.165) is 19.6 Å². The molecule has 0 bridgehead atoms. The van der Waals surface area contributed by atoms with Gasteiger partial charge in [-0.25, -0.2) is 0 Å². The van der Waals surface area contributed by atoms with E-state index in [-0.39, 0.29) is 0 Å². The highest BCUT2D eigenvalue weighted by molar-refractivity contribution is 7.80. The lowest BCUT2D eigenvalue weighted by Crippen LogP contribution is -2.48. The van der Waals surface area contributed by atoms with Crippen LogP contribution in [0.1, 0.15) is 32.6 Å². The van der Waals surface area contributed by atoms with Crippen molar-refractivity contribution < 1.29 is 0 Å². The van der Waals surface area contributed by atoms with Crippen LogP contribution in [-0.2, 0) is 0 Å². The van der Waals surface area contributed by atoms with Gasteiger partial charge in [-0.05, 0) is 13.0 Å². The first-order valence-electron chi connectivity index (χ1n) is 6.45. The van der Waals surface area contributed by atoms with Crippen molar-refractivity contribution in [2.75, 3.05) is 39.3 Å². The lowest BCUT2D eigenvalue weighted by atomic mass is 10.2. The van der Waals surface area contributed by atoms with Gasteiger partial charge in [0.25, 0.3) is 0 Å². The third-order valence-electron chi connectivity index (χ3n) is 3.17. The minimum Gasteiger partial charge on any atom is -0.392 e. The zero-order valence-corrected chi connectivity index (χ0v) is 11.3. The Hall–Kier alpha value is -0.190. The zero-order valence-electron chi connectivity index (χ0n) is 10.5. The average molecular weight is 243 g/mol. The van der Waals surface area contributed by atoms with Gasteiger partial charge in [0.15, 0.2) is 0 Å². The maximum absolute atomic E-state index is 5.55. The Labute approximate surface area is 105 Å². The standard InChI is InChI=1S/C12H25N3S/c1-2-3-4-5-6-14-7-9-15(10-8-14)11-12(13)16/h2-11H2,1H3,(H2,13,16). The Bertz CT molecular complexity index is 200. The van der Waals surface area contributed by atoms with Crippen LogP contribution in [0.2, 0.25) is 0 Å². The number of thiocarbonyl (C=S) groups is 1. The number of rotatable bonds is 7. The monoisotopic (exact) mass is 243 g/mol. The van der Waals surface area contributed by atoms with Crippen LogP contribution in [0.15, 0.2) is 0 Å². The normalized spacial score (nSPS) is 18.8. The van der Waals surface area contributed by atoms with Crippen LogP contribution in [0.25, 0.3) is 0 Å². The van der Waals surface area contributed by atoms with Gasteiger partial charge < -0.3 is 10.6 Å². The van der Waals surface area contributed by atoms with Gasteiger partial charge in [0, 0.05) is 32.7 Å². The fourth-order valence-corrected chi connectivity index (χ4v) is 2.34. The van der Waals surface area contributed by atoms with Gasteiger partial charge >= 0.3 is 0 Å². The van der Waals surface area contributed by atoms with Crippen LogP contribution in [0.5, 0.6) is 0 Å². The van der Waals surface area contributed by atoms with E-state index in [1.54, 1.807) is 0 Å². The van der Waals surface area contributed by atoms with Crippen molar-refractivity contribution in [1.82, 2.24) is 9.80 Å². The molecule has 0 saturated carbocycles. The maximum atomic E-state index is 5.55. The molecule has 1 rings (SSSR count). The summed E-state index contributed by atoms with van der Waals surface area (Å²) in [6.45, 7) is 8.90. The summed E-state index contributed by atoms with van der Waals surface area (Å²) in [6, 6.07) is 0. The third-order valence-corrected chi connectivity index (χ3v) is 3.30. The molecule has 0 atom stereocenters. The van der Waals surface area contributed by atoms with E-state index in [1.807, 2.05) is 0 Å². The van der Waals surface area contributed by atoms with E-state index in [9.17, 15) is 0 Å². The minimum absolute atomic E-state index is 0.622. The van der Waals surface area contributed by atoms with Gasteiger partial charge in [-0.3, -0.25) is 4.90 Å². The van der Waals surface area contributed by atoms with E-state index in [0.29, 0.717) is 4.99 Å². The molecule has 1 heterocycles. The molecule has 16 heavy (non-hydrogen) atoms. The van der Waals surface area contributed by atoms with Crippen LogP contribution in [0.3, 0.4) is 0 Å². The predicted octanol–water partition coefficient (Wildman–Crippen LogP) is 1.47. The van der Waals surface area contributed by atoms with Crippen LogP contribution in [0, 0.1) is 0 Å². The van der Waals surface area contributed by atoms with Gasteiger partial charge in [-0.15, -0.1) is 0 Å². The van der Waals surface area contributed by atoms with Crippen LogP contribution in [0.4, 0.5) is 0 Å². The zero-order chi connectivity index (χ0) is 11.8. The second-order valence-electron chi connectivity index (χ2n) is 4.64. The molecule has 0 amide bonds. The molecule has 2 N–H and O–H groups in total. The van der Waals surface area contributed by atoms with Crippen molar-refractivity contribution in [1.29, 1.82) is 0 Å². The maximum Gasteiger partial charge on any atom is 0.0870 e. The summed E-state index contributed by atoms with van der Waals surface area (Å²) >= 11 is 4.93. The summed E-state index contributed by atoms with van der Waals surface area (Å²) in [7, 11) is 0. The molecule has 0 radical (unpaired) electrons. The minimum atomic E-state index is 0.622. The largest absolute Gasteiger partial charge is 0.392 e. The third kappa shape index (κ3) is 5.77. The molecule has 0 unspecified atom stereocenters. The van der Waals surface area contributed by atoms with Gasteiger partial charge in [0.1, 0.15) is 0 Å². The molecule has 1 aliphatic heterocycles. The highest BCUT2D eigenvalue weighted by Gasteiger charge is 2.16. The number of nitrogens with two attached hydrogens (primary N) is 1. The average Bonchev–Trinajstić information content (AvgIpc) is 2.26. The highest BCUT2D eigenvalue weighted by Crippen LogP contribution is 2.05. The molecular formula is C12H25N3S. The van der Waals surface area contributed by atoms with E-state index in [1.165, 1.54) is 45.3 Å². The summed E-state index contributed by atoms with van der Waals surface area (Å²) in [5, 5.41) is 0. The number of unbranched alkanes of at least 4 members (excludes halogenated alkanes) is 3. The van der Waals surface area contributed by atoms with E-state index >= 15 is 0 Å². The number of nitrogens with zero attached hydrogens (tertiary/aromatic N) is 2. The van der Waals surface area contributed by atoms with Gasteiger partial charge in [0.2, 0.25) is 0 Å². The van der Waals surface area contributed by atoms with Crippen molar-refractivity contribution >= 4 is 17.2 Å². The van der Waals surface area contributed by atoms with E-state index in [4.69, 9.17) is 18.0 Å². The fraction of sp³-hybridized carbons (Fsp3) is 0.917. The van der Waals surface area contributed by atoms with Crippen LogP contribution in [-0.4, -0.2) is 54.1 Å². The van der Waals surface area contributed by atoms with Gasteiger partial charge in [-0.2, -0.15) is 0 Å². The molecule has 94 valence electrons. The topological polar surface area (TPSA) is 32.5 Å². The summed E-state index contributed by atoms with van der Waals surface area (Å²) in [6.07, 6.45) is 5.43. The molecular weight excluding hydrogens is 218 g/mol. The lowest BCUT2D eigenvalue weighted by molar-refractivity contribution is 0.144. The highest BCUT2D eigenvalue weighted by atomic mass is 32.1. The van der Waals surface area contributed by atoms with Crippen molar-refractivity contribution in [3.8, 4) is 0 Å². The summed E-state index contributed by atoms with van der Waals surface area (Å²) in [5.41, 5.74) is 5.55. The molecule has 1 aliphatic rings. The van der Waals surface area contributed by atoms with Crippen molar-refractivity contribution in [2.45, 2.75) is 32.6 Å². The lowest BCUT2D eigenvalue weighted by Gasteiger charge is -2.34. The Morgan fingerprint density at radius 3 is 2.25 bits per heavy atom. The smallest absolute Gasteiger partial charge is 0.0870 e. The molecule has 0 aliphatic carbocycles. The predicted molar refractivity (Wildman–Crippen MR) is 73.8 cm³/mol. The Morgan fingerprint density at radius 2 is 1.69 bits per heavy atom. The Morgan fingerprint density at radius 1 is 1.06 bits per heavy atom. The molecule has 3 nitrogen and oxygen atoms in total. The molecule has 1 saturated heterocycles. The molecule has 0 aromatic heterocycles. The Kier molecular flexibility index (Phi) is 6.92. The molecule has 1 fully saturated rings.